The van der Waals surface area contributed by atoms with Crippen LogP contribution in [0.15, 0.2) is 40.8 Å². The number of hydrogen-bond acceptors (Lipinski definition) is 4. The molecule has 0 bridgehead atoms. The Balaban J connectivity index is 2.56. The van der Waals surface area contributed by atoms with Crippen LogP contribution < -0.4 is 4.74 Å². The molecule has 0 spiro atoms. The van der Waals surface area contributed by atoms with E-state index in [1.165, 1.54) is 19.9 Å². The van der Waals surface area contributed by atoms with Crippen molar-refractivity contribution in [3.8, 4) is 5.75 Å². The average molecular weight is 348 g/mol. The van der Waals surface area contributed by atoms with Gasteiger partial charge in [-0.1, -0.05) is 6.08 Å². The Hall–Kier alpha value is -1.80. The fourth-order valence-corrected chi connectivity index (χ4v) is 4.01. The molecule has 0 saturated heterocycles. The van der Waals surface area contributed by atoms with E-state index in [1.54, 1.807) is 0 Å². The third-order valence-corrected chi connectivity index (χ3v) is 5.14. The molecular weight excluding hydrogens is 333 g/mol. The predicted molar refractivity (Wildman–Crippen MR) is 77.7 cm³/mol. The summed E-state index contributed by atoms with van der Waals surface area (Å²) in [6.07, 6.45) is -2.42. The van der Waals surface area contributed by atoms with E-state index in [2.05, 4.69) is 0 Å². The van der Waals surface area contributed by atoms with Gasteiger partial charge in [0.1, 0.15) is 17.3 Å². The highest BCUT2D eigenvalue weighted by molar-refractivity contribution is 7.91. The minimum atomic E-state index is -3.80. The largest absolute Gasteiger partial charge is 0.461 e. The summed E-state index contributed by atoms with van der Waals surface area (Å²) in [7, 11) is -3.80. The normalized spacial score (nSPS) is 20.7. The average Bonchev–Trinajstić information content (AvgIpc) is 2.67. The Morgan fingerprint density at radius 3 is 2.65 bits per heavy atom. The summed E-state index contributed by atoms with van der Waals surface area (Å²) in [4.78, 5) is -0.325. The van der Waals surface area contributed by atoms with Crippen LogP contribution in [0.2, 0.25) is 0 Å². The molecule has 126 valence electrons. The van der Waals surface area contributed by atoms with Crippen LogP contribution >= 0.6 is 0 Å². The molecule has 2 rings (SSSR count). The summed E-state index contributed by atoms with van der Waals surface area (Å²) in [5, 5.41) is 9.84. The molecular formula is C15H15F3O4S. The van der Waals surface area contributed by atoms with Crippen LogP contribution in [0.25, 0.3) is 0 Å². The maximum absolute atomic E-state index is 13.4. The summed E-state index contributed by atoms with van der Waals surface area (Å²) in [5.74, 6) is -1.55. The first-order chi connectivity index (χ1) is 10.7. The van der Waals surface area contributed by atoms with Gasteiger partial charge in [-0.05, 0) is 26.0 Å². The molecule has 4 nitrogen and oxygen atoms in total. The smallest absolute Gasteiger partial charge is 0.267 e. The SMILES string of the molecule is C/C=C(F)\C=C(/C)Oc1ccc2c(c1C(F)F)C(O)CS2(=O)=O. The monoisotopic (exact) mass is 348 g/mol. The molecule has 0 aromatic heterocycles. The lowest BCUT2D eigenvalue weighted by atomic mass is 10.0. The summed E-state index contributed by atoms with van der Waals surface area (Å²) in [5.41, 5.74) is -1.04. The molecule has 0 fully saturated rings. The first-order valence-corrected chi connectivity index (χ1v) is 8.36. The van der Waals surface area contributed by atoms with E-state index in [1.807, 2.05) is 0 Å². The molecule has 0 radical (unpaired) electrons. The Morgan fingerprint density at radius 1 is 1.43 bits per heavy atom. The Bertz CT molecular complexity index is 782. The molecule has 0 aliphatic carbocycles. The van der Waals surface area contributed by atoms with Gasteiger partial charge in [-0.2, -0.15) is 0 Å². The number of hydrogen-bond donors (Lipinski definition) is 1. The van der Waals surface area contributed by atoms with Crippen molar-refractivity contribution in [1.29, 1.82) is 0 Å². The number of aliphatic hydroxyl groups is 1. The van der Waals surface area contributed by atoms with Crippen LogP contribution in [0.4, 0.5) is 13.2 Å². The second kappa shape index (κ2) is 6.37. The van der Waals surface area contributed by atoms with E-state index in [9.17, 15) is 26.7 Å². The van der Waals surface area contributed by atoms with E-state index in [-0.39, 0.29) is 22.0 Å². The lowest BCUT2D eigenvalue weighted by molar-refractivity contribution is 0.137. The van der Waals surface area contributed by atoms with Crippen LogP contribution in [0.1, 0.15) is 37.5 Å². The molecule has 1 unspecified atom stereocenters. The fourth-order valence-electron chi connectivity index (χ4n) is 2.39. The third-order valence-electron chi connectivity index (χ3n) is 3.36. The topological polar surface area (TPSA) is 63.6 Å². The van der Waals surface area contributed by atoms with Gasteiger partial charge < -0.3 is 9.84 Å². The lowest BCUT2D eigenvalue weighted by Gasteiger charge is -2.15. The minimum Gasteiger partial charge on any atom is -0.461 e. The van der Waals surface area contributed by atoms with E-state index in [0.717, 1.165) is 18.2 Å². The molecule has 23 heavy (non-hydrogen) atoms. The standard InChI is InChI=1S/C15H15F3O4S/c1-3-9(16)6-8(2)22-11-4-5-12-13(14(11)15(17)18)10(19)7-23(12,20)21/h3-6,10,15,19H,7H2,1-2H3/b8-6+,9-3+. The number of fused-ring (bicyclic) bond motifs is 1. The van der Waals surface area contributed by atoms with Crippen molar-refractivity contribution < 1.29 is 31.4 Å². The van der Waals surface area contributed by atoms with Gasteiger partial charge in [-0.3, -0.25) is 0 Å². The Kier molecular flexibility index (Phi) is 4.86. The second-order valence-electron chi connectivity index (χ2n) is 5.02. The number of alkyl halides is 2. The number of rotatable bonds is 4. The zero-order valence-corrected chi connectivity index (χ0v) is 13.2. The van der Waals surface area contributed by atoms with Crippen LogP contribution in [-0.4, -0.2) is 19.3 Å². The van der Waals surface area contributed by atoms with Crippen molar-refractivity contribution in [2.24, 2.45) is 0 Å². The van der Waals surface area contributed by atoms with Gasteiger partial charge in [-0.25, -0.2) is 21.6 Å². The molecule has 1 aliphatic heterocycles. The van der Waals surface area contributed by atoms with E-state index in [4.69, 9.17) is 4.74 Å². The van der Waals surface area contributed by atoms with Gasteiger partial charge in [0.25, 0.3) is 6.43 Å². The number of ether oxygens (including phenoxy) is 1. The Labute approximate surface area is 131 Å². The number of halogens is 3. The molecule has 1 heterocycles. The highest BCUT2D eigenvalue weighted by atomic mass is 32.2. The molecule has 8 heteroatoms. The molecule has 0 saturated carbocycles. The second-order valence-corrected chi connectivity index (χ2v) is 7.02. The minimum absolute atomic E-state index is 0.0118. The maximum atomic E-state index is 13.4. The summed E-state index contributed by atoms with van der Waals surface area (Å²) >= 11 is 0. The molecule has 1 aromatic carbocycles. The van der Waals surface area contributed by atoms with Gasteiger partial charge in [-0.15, -0.1) is 0 Å². The van der Waals surface area contributed by atoms with E-state index >= 15 is 0 Å². The van der Waals surface area contributed by atoms with Crippen LogP contribution in [0.5, 0.6) is 5.75 Å². The van der Waals surface area contributed by atoms with Crippen molar-refractivity contribution in [3.63, 3.8) is 0 Å². The summed E-state index contributed by atoms with van der Waals surface area (Å²) in [6.45, 7) is 2.83. The summed E-state index contributed by atoms with van der Waals surface area (Å²) in [6, 6.07) is 2.20. The van der Waals surface area contributed by atoms with Crippen molar-refractivity contribution in [2.45, 2.75) is 31.3 Å². The number of sulfone groups is 1. The molecule has 1 aliphatic rings. The lowest BCUT2D eigenvalue weighted by Crippen LogP contribution is -2.04. The number of aliphatic hydroxyl groups excluding tert-OH is 1. The third kappa shape index (κ3) is 3.42. The first kappa shape index (κ1) is 17.6. The highest BCUT2D eigenvalue weighted by Crippen LogP contribution is 2.44. The molecule has 1 aromatic rings. The van der Waals surface area contributed by atoms with Crippen LogP contribution in [0, 0.1) is 0 Å². The summed E-state index contributed by atoms with van der Waals surface area (Å²) < 4.78 is 68.9. The van der Waals surface area contributed by atoms with Gasteiger partial charge in [0.05, 0.1) is 22.3 Å². The fraction of sp³-hybridized carbons (Fsp3) is 0.333. The number of allylic oxidation sites excluding steroid dienone is 4. The number of benzene rings is 1. The highest BCUT2D eigenvalue weighted by Gasteiger charge is 2.39. The maximum Gasteiger partial charge on any atom is 0.267 e. The molecule has 1 atom stereocenters. The van der Waals surface area contributed by atoms with Crippen LogP contribution in [-0.2, 0) is 9.84 Å². The molecule has 1 N–H and O–H groups in total. The first-order valence-electron chi connectivity index (χ1n) is 6.71. The predicted octanol–water partition coefficient (Wildman–Crippen LogP) is 3.60. The van der Waals surface area contributed by atoms with E-state index < -0.39 is 39.5 Å². The van der Waals surface area contributed by atoms with Gasteiger partial charge in [0.2, 0.25) is 0 Å². The quantitative estimate of drug-likeness (QED) is 0.667. The molecule has 0 amide bonds. The van der Waals surface area contributed by atoms with Gasteiger partial charge in [0.15, 0.2) is 9.84 Å². The van der Waals surface area contributed by atoms with Gasteiger partial charge >= 0.3 is 0 Å². The van der Waals surface area contributed by atoms with Crippen molar-refractivity contribution in [2.75, 3.05) is 5.75 Å². The zero-order valence-electron chi connectivity index (χ0n) is 12.4. The van der Waals surface area contributed by atoms with Crippen molar-refractivity contribution in [3.05, 3.63) is 47.0 Å². The van der Waals surface area contributed by atoms with Crippen LogP contribution in [0.3, 0.4) is 0 Å². The van der Waals surface area contributed by atoms with Gasteiger partial charge in [0, 0.05) is 11.6 Å². The Morgan fingerprint density at radius 2 is 2.09 bits per heavy atom. The zero-order chi connectivity index (χ0) is 17.4. The van der Waals surface area contributed by atoms with E-state index in [0.29, 0.717) is 0 Å². The van der Waals surface area contributed by atoms with Crippen molar-refractivity contribution in [1.82, 2.24) is 0 Å². The van der Waals surface area contributed by atoms with Crippen molar-refractivity contribution >= 4 is 9.84 Å².